The number of amides is 3. The van der Waals surface area contributed by atoms with Crippen molar-refractivity contribution in [3.8, 4) is 11.3 Å². The molecular weight excluding hydrogens is 440 g/mol. The van der Waals surface area contributed by atoms with Crippen molar-refractivity contribution in [1.82, 2.24) is 20.7 Å². The first-order chi connectivity index (χ1) is 17.0. The van der Waals surface area contributed by atoms with E-state index in [0.29, 0.717) is 5.56 Å². The predicted octanol–water partition coefficient (Wildman–Crippen LogP) is 4.25. The van der Waals surface area contributed by atoms with Crippen molar-refractivity contribution in [2.75, 3.05) is 6.54 Å². The van der Waals surface area contributed by atoms with E-state index >= 15 is 0 Å². The maximum absolute atomic E-state index is 13.5. The molecule has 4 aromatic rings. The second-order valence-electron chi connectivity index (χ2n) is 8.70. The highest BCUT2D eigenvalue weighted by Gasteiger charge is 2.41. The lowest BCUT2D eigenvalue weighted by atomic mass is 9.93. The van der Waals surface area contributed by atoms with Gasteiger partial charge in [-0.2, -0.15) is 0 Å². The molecule has 1 aliphatic rings. The van der Waals surface area contributed by atoms with Gasteiger partial charge in [-0.3, -0.25) is 25.2 Å². The summed E-state index contributed by atoms with van der Waals surface area (Å²) in [5.41, 5.74) is 11.2. The SMILES string of the molecule is CCC(=O)NNC(=O)CN1C(=O)c2ccccc2C1c1c(-c2ccc(C)cc2)[nH]c2ccccc12. The number of rotatable bonds is 5. The fourth-order valence-electron chi connectivity index (χ4n) is 4.66. The van der Waals surface area contributed by atoms with E-state index in [1.165, 1.54) is 0 Å². The molecule has 0 radical (unpaired) electrons. The molecule has 7 heteroatoms. The molecule has 176 valence electrons. The standard InChI is InChI=1S/C28H26N4O3/c1-3-23(33)30-31-24(34)16-32-27(19-8-4-5-9-20(19)28(32)35)25-21-10-6-7-11-22(21)29-26(25)18-14-12-17(2)13-15-18/h4-15,27,29H,3,16H2,1-2H3,(H,30,33)(H,31,34). The van der Waals surface area contributed by atoms with Gasteiger partial charge in [0.25, 0.3) is 11.8 Å². The van der Waals surface area contributed by atoms with E-state index in [1.807, 2.05) is 49.4 Å². The van der Waals surface area contributed by atoms with Gasteiger partial charge in [-0.25, -0.2) is 0 Å². The Morgan fingerprint density at radius 1 is 0.914 bits per heavy atom. The monoisotopic (exact) mass is 466 g/mol. The van der Waals surface area contributed by atoms with E-state index in [9.17, 15) is 14.4 Å². The van der Waals surface area contributed by atoms with Crippen LogP contribution < -0.4 is 10.9 Å². The lowest BCUT2D eigenvalue weighted by molar-refractivity contribution is -0.129. The quantitative estimate of drug-likeness (QED) is 0.384. The smallest absolute Gasteiger partial charge is 0.258 e. The number of aromatic amines is 1. The van der Waals surface area contributed by atoms with Crippen molar-refractivity contribution in [1.29, 1.82) is 0 Å². The molecule has 0 saturated heterocycles. The number of nitrogens with one attached hydrogen (secondary N) is 3. The molecule has 0 spiro atoms. The van der Waals surface area contributed by atoms with Crippen molar-refractivity contribution in [2.24, 2.45) is 0 Å². The summed E-state index contributed by atoms with van der Waals surface area (Å²) >= 11 is 0. The Labute approximate surface area is 203 Å². The van der Waals surface area contributed by atoms with Crippen LogP contribution in [0.3, 0.4) is 0 Å². The van der Waals surface area contributed by atoms with Gasteiger partial charge in [0.15, 0.2) is 0 Å². The van der Waals surface area contributed by atoms with E-state index < -0.39 is 11.9 Å². The summed E-state index contributed by atoms with van der Waals surface area (Å²) in [6.45, 7) is 3.54. The first-order valence-corrected chi connectivity index (χ1v) is 11.6. The average molecular weight is 467 g/mol. The van der Waals surface area contributed by atoms with E-state index in [2.05, 4.69) is 40.1 Å². The summed E-state index contributed by atoms with van der Waals surface area (Å²) in [5.74, 6) is -0.985. The van der Waals surface area contributed by atoms with Gasteiger partial charge >= 0.3 is 0 Å². The topological polar surface area (TPSA) is 94.3 Å². The van der Waals surface area contributed by atoms with Gasteiger partial charge < -0.3 is 9.88 Å². The number of para-hydroxylation sites is 1. The van der Waals surface area contributed by atoms with Gasteiger partial charge in [-0.05, 0) is 30.2 Å². The third-order valence-corrected chi connectivity index (χ3v) is 6.39. The molecule has 2 heterocycles. The van der Waals surface area contributed by atoms with Crippen LogP contribution >= 0.6 is 0 Å². The second kappa shape index (κ2) is 9.10. The van der Waals surface area contributed by atoms with Crippen LogP contribution in [-0.4, -0.2) is 34.2 Å². The Morgan fingerprint density at radius 2 is 1.60 bits per heavy atom. The molecule has 1 atom stereocenters. The molecule has 3 aromatic carbocycles. The zero-order chi connectivity index (χ0) is 24.5. The van der Waals surface area contributed by atoms with Crippen LogP contribution in [0.1, 0.15) is 46.4 Å². The van der Waals surface area contributed by atoms with Gasteiger partial charge in [0.2, 0.25) is 5.91 Å². The van der Waals surface area contributed by atoms with Gasteiger partial charge in [-0.1, -0.05) is 73.2 Å². The Bertz CT molecular complexity index is 1440. The van der Waals surface area contributed by atoms with Crippen LogP contribution in [0, 0.1) is 6.92 Å². The van der Waals surface area contributed by atoms with E-state index in [4.69, 9.17) is 0 Å². The van der Waals surface area contributed by atoms with Crippen molar-refractivity contribution in [2.45, 2.75) is 26.3 Å². The third kappa shape index (κ3) is 4.05. The van der Waals surface area contributed by atoms with Crippen LogP contribution in [-0.2, 0) is 9.59 Å². The van der Waals surface area contributed by atoms with E-state index in [-0.39, 0.29) is 24.8 Å². The minimum Gasteiger partial charge on any atom is -0.354 e. The Balaban J connectivity index is 1.64. The summed E-state index contributed by atoms with van der Waals surface area (Å²) < 4.78 is 0. The van der Waals surface area contributed by atoms with Gasteiger partial charge in [-0.15, -0.1) is 0 Å². The molecule has 5 rings (SSSR count). The number of benzene rings is 3. The van der Waals surface area contributed by atoms with E-state index in [1.54, 1.807) is 17.9 Å². The average Bonchev–Trinajstić information content (AvgIpc) is 3.38. The Hall–Kier alpha value is -4.39. The number of aryl methyl sites for hydroxylation is 1. The van der Waals surface area contributed by atoms with Crippen LogP contribution in [0.4, 0.5) is 0 Å². The largest absolute Gasteiger partial charge is 0.354 e. The summed E-state index contributed by atoms with van der Waals surface area (Å²) in [6.07, 6.45) is 0.242. The Kier molecular flexibility index (Phi) is 5.82. The summed E-state index contributed by atoms with van der Waals surface area (Å²) in [4.78, 5) is 43.0. The zero-order valence-electron chi connectivity index (χ0n) is 19.6. The molecule has 1 aromatic heterocycles. The summed E-state index contributed by atoms with van der Waals surface area (Å²) in [6, 6.07) is 23.2. The molecule has 3 N–H and O–H groups in total. The highest BCUT2D eigenvalue weighted by molar-refractivity contribution is 6.03. The summed E-state index contributed by atoms with van der Waals surface area (Å²) in [5, 5.41) is 0.988. The van der Waals surface area contributed by atoms with Crippen molar-refractivity contribution in [3.05, 3.63) is 95.1 Å². The Morgan fingerprint density at radius 3 is 2.37 bits per heavy atom. The first kappa shape index (κ1) is 22.4. The van der Waals surface area contributed by atoms with Gasteiger partial charge in [0.05, 0.1) is 11.7 Å². The van der Waals surface area contributed by atoms with Crippen LogP contribution in [0.15, 0.2) is 72.8 Å². The second-order valence-corrected chi connectivity index (χ2v) is 8.70. The molecule has 3 amide bonds. The van der Waals surface area contributed by atoms with Crippen LogP contribution in [0.5, 0.6) is 0 Å². The normalized spacial score (nSPS) is 14.7. The number of fused-ring (bicyclic) bond motifs is 2. The van der Waals surface area contributed by atoms with Crippen LogP contribution in [0.25, 0.3) is 22.2 Å². The zero-order valence-corrected chi connectivity index (χ0v) is 19.6. The minimum absolute atomic E-state index is 0.199. The molecule has 1 aliphatic heterocycles. The fourth-order valence-corrected chi connectivity index (χ4v) is 4.66. The third-order valence-electron chi connectivity index (χ3n) is 6.39. The molecule has 0 bridgehead atoms. The number of nitrogens with zero attached hydrogens (tertiary/aromatic N) is 1. The number of hydrogen-bond donors (Lipinski definition) is 3. The lowest BCUT2D eigenvalue weighted by Gasteiger charge is -2.26. The molecule has 7 nitrogen and oxygen atoms in total. The molecule has 0 aliphatic carbocycles. The first-order valence-electron chi connectivity index (χ1n) is 11.6. The van der Waals surface area contributed by atoms with Crippen molar-refractivity contribution >= 4 is 28.6 Å². The van der Waals surface area contributed by atoms with Crippen LogP contribution in [0.2, 0.25) is 0 Å². The molecule has 0 saturated carbocycles. The highest BCUT2D eigenvalue weighted by atomic mass is 16.2. The van der Waals surface area contributed by atoms with Gasteiger partial charge in [0, 0.05) is 28.5 Å². The number of H-pyrrole nitrogens is 1. The molecule has 1 unspecified atom stereocenters. The molecular formula is C28H26N4O3. The minimum atomic E-state index is -0.473. The highest BCUT2D eigenvalue weighted by Crippen LogP contribution is 2.45. The van der Waals surface area contributed by atoms with Crippen molar-refractivity contribution < 1.29 is 14.4 Å². The van der Waals surface area contributed by atoms with Gasteiger partial charge in [0.1, 0.15) is 6.54 Å². The summed E-state index contributed by atoms with van der Waals surface area (Å²) in [7, 11) is 0. The maximum Gasteiger partial charge on any atom is 0.258 e. The number of carbonyl (C=O) groups is 3. The number of hydrogen-bond acceptors (Lipinski definition) is 3. The van der Waals surface area contributed by atoms with E-state index in [0.717, 1.165) is 38.9 Å². The molecule has 0 fully saturated rings. The lowest BCUT2D eigenvalue weighted by Crippen LogP contribution is -2.47. The molecule has 35 heavy (non-hydrogen) atoms. The fraction of sp³-hybridized carbons (Fsp3) is 0.179. The predicted molar refractivity (Wildman–Crippen MR) is 134 cm³/mol. The number of aromatic nitrogens is 1. The van der Waals surface area contributed by atoms with Crippen molar-refractivity contribution in [3.63, 3.8) is 0 Å². The number of carbonyl (C=O) groups excluding carboxylic acids is 3. The number of hydrazine groups is 1. The maximum atomic E-state index is 13.5.